The van der Waals surface area contributed by atoms with Crippen LogP contribution in [0.25, 0.3) is 6.08 Å². The summed E-state index contributed by atoms with van der Waals surface area (Å²) in [6.45, 7) is 8.95. The number of carbonyl (C=O) groups excluding carboxylic acids is 2. The van der Waals surface area contributed by atoms with E-state index in [9.17, 15) is 9.59 Å². The summed E-state index contributed by atoms with van der Waals surface area (Å²) in [6, 6.07) is 7.07. The third kappa shape index (κ3) is 6.25. The number of hydrogen-bond donors (Lipinski definition) is 1. The molecule has 0 unspecified atom stereocenters. The SMILES string of the molecule is Cc1ccccc1/C=C/C(=O)N[C@H](C)C(=O)OC(C)(C)C. The fourth-order valence-corrected chi connectivity index (χ4v) is 1.65. The molecule has 0 heterocycles. The Kier molecular flexibility index (Phi) is 5.70. The zero-order chi connectivity index (χ0) is 16.0. The number of esters is 1. The maximum atomic E-state index is 11.8. The van der Waals surface area contributed by atoms with E-state index < -0.39 is 17.6 Å². The van der Waals surface area contributed by atoms with Crippen LogP contribution in [0.1, 0.15) is 38.8 Å². The smallest absolute Gasteiger partial charge is 0.328 e. The van der Waals surface area contributed by atoms with Crippen LogP contribution < -0.4 is 5.32 Å². The van der Waals surface area contributed by atoms with Gasteiger partial charge in [-0.15, -0.1) is 0 Å². The van der Waals surface area contributed by atoms with Crippen LogP contribution in [0, 0.1) is 6.92 Å². The van der Waals surface area contributed by atoms with Gasteiger partial charge in [-0.2, -0.15) is 0 Å². The highest BCUT2D eigenvalue weighted by molar-refractivity contribution is 5.94. The van der Waals surface area contributed by atoms with E-state index in [1.54, 1.807) is 33.8 Å². The van der Waals surface area contributed by atoms with Crippen molar-refractivity contribution in [3.8, 4) is 0 Å². The van der Waals surface area contributed by atoms with Crippen molar-refractivity contribution in [1.29, 1.82) is 0 Å². The lowest BCUT2D eigenvalue weighted by Crippen LogP contribution is -2.41. The number of hydrogen-bond acceptors (Lipinski definition) is 3. The monoisotopic (exact) mass is 289 g/mol. The molecule has 21 heavy (non-hydrogen) atoms. The molecule has 0 bridgehead atoms. The van der Waals surface area contributed by atoms with E-state index in [1.165, 1.54) is 6.08 Å². The molecule has 114 valence electrons. The van der Waals surface area contributed by atoms with Gasteiger partial charge >= 0.3 is 5.97 Å². The summed E-state index contributed by atoms with van der Waals surface area (Å²) in [5.41, 5.74) is 1.49. The molecule has 0 aliphatic heterocycles. The van der Waals surface area contributed by atoms with Gasteiger partial charge < -0.3 is 10.1 Å². The second kappa shape index (κ2) is 7.07. The Morgan fingerprint density at radius 2 is 1.86 bits per heavy atom. The molecule has 0 fully saturated rings. The molecule has 0 saturated carbocycles. The van der Waals surface area contributed by atoms with E-state index in [1.807, 2.05) is 31.2 Å². The van der Waals surface area contributed by atoms with Crippen LogP contribution in [0.3, 0.4) is 0 Å². The Morgan fingerprint density at radius 1 is 1.24 bits per heavy atom. The standard InChI is InChI=1S/C17H23NO3/c1-12-8-6-7-9-14(12)10-11-15(19)18-13(2)16(20)21-17(3,4)5/h6-11,13H,1-5H3,(H,18,19)/b11-10+/t13-/m1/s1. The first-order valence-electron chi connectivity index (χ1n) is 6.96. The Labute approximate surface area is 126 Å². The van der Waals surface area contributed by atoms with Gasteiger partial charge in [0.2, 0.25) is 5.91 Å². The van der Waals surface area contributed by atoms with Crippen LogP contribution in [-0.2, 0) is 14.3 Å². The van der Waals surface area contributed by atoms with E-state index >= 15 is 0 Å². The van der Waals surface area contributed by atoms with Crippen LogP contribution in [0.4, 0.5) is 0 Å². The van der Waals surface area contributed by atoms with Crippen molar-refractivity contribution in [3.05, 3.63) is 41.5 Å². The van der Waals surface area contributed by atoms with Crippen molar-refractivity contribution in [2.45, 2.75) is 46.3 Å². The predicted molar refractivity (Wildman–Crippen MR) is 83.7 cm³/mol. The fourth-order valence-electron chi connectivity index (χ4n) is 1.65. The minimum absolute atomic E-state index is 0.323. The number of benzene rings is 1. The van der Waals surface area contributed by atoms with Gasteiger partial charge in [0, 0.05) is 6.08 Å². The lowest BCUT2D eigenvalue weighted by atomic mass is 10.1. The molecular formula is C17H23NO3. The van der Waals surface area contributed by atoms with Crippen LogP contribution in [0.5, 0.6) is 0 Å². The summed E-state index contributed by atoms with van der Waals surface area (Å²) >= 11 is 0. The zero-order valence-electron chi connectivity index (χ0n) is 13.3. The first-order chi connectivity index (χ1) is 9.69. The summed E-state index contributed by atoms with van der Waals surface area (Å²) in [4.78, 5) is 23.6. The molecule has 1 rings (SSSR count). The Bertz CT molecular complexity index is 541. The van der Waals surface area contributed by atoms with Crippen LogP contribution in [-0.4, -0.2) is 23.5 Å². The van der Waals surface area contributed by atoms with E-state index in [0.717, 1.165) is 11.1 Å². The number of carbonyl (C=O) groups is 2. The van der Waals surface area contributed by atoms with E-state index in [2.05, 4.69) is 5.32 Å². The number of rotatable bonds is 4. The predicted octanol–water partition coefficient (Wildman–Crippen LogP) is 2.85. The zero-order valence-corrected chi connectivity index (χ0v) is 13.3. The Balaban J connectivity index is 2.58. The first-order valence-corrected chi connectivity index (χ1v) is 6.96. The molecule has 4 heteroatoms. The van der Waals surface area contributed by atoms with Gasteiger partial charge in [0.1, 0.15) is 11.6 Å². The quantitative estimate of drug-likeness (QED) is 0.685. The van der Waals surface area contributed by atoms with Crippen LogP contribution in [0.15, 0.2) is 30.3 Å². The second-order valence-electron chi connectivity index (χ2n) is 5.95. The molecule has 0 radical (unpaired) electrons. The third-order valence-electron chi connectivity index (χ3n) is 2.72. The number of nitrogens with one attached hydrogen (secondary N) is 1. The fraction of sp³-hybridized carbons (Fsp3) is 0.412. The van der Waals surface area contributed by atoms with Crippen molar-refractivity contribution in [2.75, 3.05) is 0 Å². The van der Waals surface area contributed by atoms with Gasteiger partial charge in [-0.25, -0.2) is 4.79 Å². The molecule has 1 aromatic carbocycles. The maximum absolute atomic E-state index is 11.8. The average Bonchev–Trinajstić information content (AvgIpc) is 2.35. The molecule has 0 aliphatic rings. The highest BCUT2D eigenvalue weighted by Gasteiger charge is 2.22. The molecular weight excluding hydrogens is 266 g/mol. The van der Waals surface area contributed by atoms with Gasteiger partial charge in [-0.05, 0) is 51.8 Å². The van der Waals surface area contributed by atoms with Crippen LogP contribution >= 0.6 is 0 Å². The van der Waals surface area contributed by atoms with Crippen molar-refractivity contribution < 1.29 is 14.3 Å². The molecule has 1 amide bonds. The molecule has 1 atom stereocenters. The second-order valence-corrected chi connectivity index (χ2v) is 5.95. The average molecular weight is 289 g/mol. The highest BCUT2D eigenvalue weighted by atomic mass is 16.6. The lowest BCUT2D eigenvalue weighted by molar-refractivity contribution is -0.157. The summed E-state index contributed by atoms with van der Waals surface area (Å²) in [5.74, 6) is -0.767. The number of amides is 1. The van der Waals surface area contributed by atoms with Gasteiger partial charge in [0.15, 0.2) is 0 Å². The highest BCUT2D eigenvalue weighted by Crippen LogP contribution is 2.09. The number of ether oxygens (including phenoxy) is 1. The Morgan fingerprint density at radius 3 is 2.43 bits per heavy atom. The molecule has 1 aromatic rings. The molecule has 0 aromatic heterocycles. The normalized spacial score (nSPS) is 13.0. The largest absolute Gasteiger partial charge is 0.458 e. The molecule has 0 aliphatic carbocycles. The van der Waals surface area contributed by atoms with Gasteiger partial charge in [0.25, 0.3) is 0 Å². The third-order valence-corrected chi connectivity index (χ3v) is 2.72. The number of aryl methyl sites for hydroxylation is 1. The summed E-state index contributed by atoms with van der Waals surface area (Å²) in [7, 11) is 0. The minimum atomic E-state index is -0.682. The van der Waals surface area contributed by atoms with E-state index in [4.69, 9.17) is 4.74 Å². The Hall–Kier alpha value is -2.10. The molecule has 0 spiro atoms. The van der Waals surface area contributed by atoms with Gasteiger partial charge in [0.05, 0.1) is 0 Å². The summed E-state index contributed by atoms with van der Waals surface area (Å²) < 4.78 is 5.20. The van der Waals surface area contributed by atoms with Crippen molar-refractivity contribution >= 4 is 18.0 Å². The van der Waals surface area contributed by atoms with Crippen molar-refractivity contribution in [1.82, 2.24) is 5.32 Å². The van der Waals surface area contributed by atoms with E-state index in [0.29, 0.717) is 0 Å². The summed E-state index contributed by atoms with van der Waals surface area (Å²) in [5, 5.41) is 2.59. The van der Waals surface area contributed by atoms with Crippen molar-refractivity contribution in [3.63, 3.8) is 0 Å². The van der Waals surface area contributed by atoms with E-state index in [-0.39, 0.29) is 5.91 Å². The molecule has 1 N–H and O–H groups in total. The summed E-state index contributed by atoms with van der Waals surface area (Å²) in [6.07, 6.45) is 3.15. The van der Waals surface area contributed by atoms with Gasteiger partial charge in [-0.1, -0.05) is 24.3 Å². The minimum Gasteiger partial charge on any atom is -0.458 e. The van der Waals surface area contributed by atoms with Crippen LogP contribution in [0.2, 0.25) is 0 Å². The maximum Gasteiger partial charge on any atom is 0.328 e. The first kappa shape index (κ1) is 17.0. The van der Waals surface area contributed by atoms with Crippen molar-refractivity contribution in [2.24, 2.45) is 0 Å². The van der Waals surface area contributed by atoms with Gasteiger partial charge in [-0.3, -0.25) is 4.79 Å². The molecule has 4 nitrogen and oxygen atoms in total. The lowest BCUT2D eigenvalue weighted by Gasteiger charge is -2.22. The topological polar surface area (TPSA) is 55.4 Å². The molecule has 0 saturated heterocycles.